The molecule has 0 radical (unpaired) electrons. The maximum atomic E-state index is 11.8. The van der Waals surface area contributed by atoms with Crippen LogP contribution in [0.4, 0.5) is 0 Å². The Morgan fingerprint density at radius 3 is 3.06 bits per heavy atom. The summed E-state index contributed by atoms with van der Waals surface area (Å²) in [4.78, 5) is 14.5. The second-order valence-electron chi connectivity index (χ2n) is 3.25. The quantitative estimate of drug-likeness (QED) is 0.942. The Bertz CT molecular complexity index is 481. The first kappa shape index (κ1) is 11.3. The van der Waals surface area contributed by atoms with E-state index in [1.165, 1.54) is 6.20 Å². The van der Waals surface area contributed by atoms with E-state index in [1.807, 2.05) is 11.4 Å². The Hall–Kier alpha value is -1.21. The molecule has 2 heterocycles. The number of halogens is 1. The van der Waals surface area contributed by atoms with Gasteiger partial charge in [-0.05, 0) is 22.0 Å². The van der Waals surface area contributed by atoms with Crippen LogP contribution in [0.15, 0.2) is 22.1 Å². The number of aromatic amines is 1. The molecule has 0 fully saturated rings. The molecular formula is C9H9BrN4OS. The van der Waals surface area contributed by atoms with E-state index < -0.39 is 0 Å². The van der Waals surface area contributed by atoms with Crippen LogP contribution in [0.1, 0.15) is 15.4 Å². The summed E-state index contributed by atoms with van der Waals surface area (Å²) >= 11 is 4.99. The standard InChI is InChI=1S/C9H9BrN4OS/c1-14(4-7-2-6(10)5-16-7)9(15)8-3-11-13-12-8/h2-3,5H,4H2,1H3,(H,11,12,13). The summed E-state index contributed by atoms with van der Waals surface area (Å²) in [5, 5.41) is 11.8. The van der Waals surface area contributed by atoms with Gasteiger partial charge in [-0.2, -0.15) is 15.4 Å². The lowest BCUT2D eigenvalue weighted by Gasteiger charge is -2.13. The van der Waals surface area contributed by atoms with Gasteiger partial charge in [-0.15, -0.1) is 11.3 Å². The predicted molar refractivity (Wildman–Crippen MR) is 64.2 cm³/mol. The summed E-state index contributed by atoms with van der Waals surface area (Å²) in [7, 11) is 1.74. The third-order valence-corrected chi connectivity index (χ3v) is 3.68. The highest BCUT2D eigenvalue weighted by atomic mass is 79.9. The zero-order valence-electron chi connectivity index (χ0n) is 8.48. The van der Waals surface area contributed by atoms with E-state index in [2.05, 4.69) is 31.3 Å². The van der Waals surface area contributed by atoms with E-state index in [9.17, 15) is 4.79 Å². The van der Waals surface area contributed by atoms with Crippen molar-refractivity contribution in [1.29, 1.82) is 0 Å². The van der Waals surface area contributed by atoms with Gasteiger partial charge in [-0.25, -0.2) is 0 Å². The second-order valence-corrected chi connectivity index (χ2v) is 5.16. The molecule has 0 bridgehead atoms. The number of carbonyl (C=O) groups excluding carboxylic acids is 1. The third-order valence-electron chi connectivity index (χ3n) is 2.00. The summed E-state index contributed by atoms with van der Waals surface area (Å²) in [6.45, 7) is 0.571. The van der Waals surface area contributed by atoms with Crippen molar-refractivity contribution in [1.82, 2.24) is 20.3 Å². The first-order chi connectivity index (χ1) is 7.66. The summed E-state index contributed by atoms with van der Waals surface area (Å²) in [6.07, 6.45) is 1.42. The molecule has 0 aliphatic heterocycles. The van der Waals surface area contributed by atoms with Gasteiger partial charge in [0, 0.05) is 21.8 Å². The maximum Gasteiger partial charge on any atom is 0.276 e. The molecule has 0 aromatic carbocycles. The Kier molecular flexibility index (Phi) is 3.35. The van der Waals surface area contributed by atoms with Crippen molar-refractivity contribution in [2.45, 2.75) is 6.54 Å². The Morgan fingerprint density at radius 1 is 1.69 bits per heavy atom. The lowest BCUT2D eigenvalue weighted by atomic mass is 10.3. The Labute approximate surface area is 105 Å². The van der Waals surface area contributed by atoms with Crippen LogP contribution in [-0.2, 0) is 6.54 Å². The molecule has 0 unspecified atom stereocenters. The molecule has 5 nitrogen and oxygen atoms in total. The first-order valence-electron chi connectivity index (χ1n) is 4.51. The van der Waals surface area contributed by atoms with Gasteiger partial charge < -0.3 is 4.90 Å². The minimum atomic E-state index is -0.140. The van der Waals surface area contributed by atoms with Crippen molar-refractivity contribution in [3.63, 3.8) is 0 Å². The van der Waals surface area contributed by atoms with E-state index in [1.54, 1.807) is 23.3 Å². The van der Waals surface area contributed by atoms with Crippen molar-refractivity contribution >= 4 is 33.2 Å². The molecule has 0 spiro atoms. The predicted octanol–water partition coefficient (Wildman–Crippen LogP) is 1.90. The number of hydrogen-bond acceptors (Lipinski definition) is 4. The molecule has 16 heavy (non-hydrogen) atoms. The molecule has 7 heteroatoms. The van der Waals surface area contributed by atoms with Crippen molar-refractivity contribution in [2.24, 2.45) is 0 Å². The van der Waals surface area contributed by atoms with Crippen LogP contribution in [0.5, 0.6) is 0 Å². The highest BCUT2D eigenvalue weighted by molar-refractivity contribution is 9.10. The lowest BCUT2D eigenvalue weighted by molar-refractivity contribution is 0.0780. The average Bonchev–Trinajstić information content (AvgIpc) is 2.88. The van der Waals surface area contributed by atoms with Gasteiger partial charge in [0.1, 0.15) is 0 Å². The molecule has 1 N–H and O–H groups in total. The fourth-order valence-corrected chi connectivity index (χ4v) is 2.75. The van der Waals surface area contributed by atoms with Gasteiger partial charge in [0.2, 0.25) is 0 Å². The Morgan fingerprint density at radius 2 is 2.50 bits per heavy atom. The third kappa shape index (κ3) is 2.48. The van der Waals surface area contributed by atoms with Crippen LogP contribution in [0.2, 0.25) is 0 Å². The van der Waals surface area contributed by atoms with Crippen LogP contribution < -0.4 is 0 Å². The van der Waals surface area contributed by atoms with Crippen LogP contribution in [0.25, 0.3) is 0 Å². The SMILES string of the molecule is CN(Cc1cc(Br)cs1)C(=O)c1cn[nH]n1. The van der Waals surface area contributed by atoms with E-state index in [0.717, 1.165) is 9.35 Å². The first-order valence-corrected chi connectivity index (χ1v) is 6.18. The highest BCUT2D eigenvalue weighted by Gasteiger charge is 2.14. The van der Waals surface area contributed by atoms with E-state index in [-0.39, 0.29) is 5.91 Å². The molecule has 0 aliphatic carbocycles. The maximum absolute atomic E-state index is 11.8. The summed E-state index contributed by atoms with van der Waals surface area (Å²) in [6, 6.07) is 2.00. The van der Waals surface area contributed by atoms with Gasteiger partial charge in [-0.1, -0.05) is 0 Å². The van der Waals surface area contributed by atoms with Crippen molar-refractivity contribution in [3.8, 4) is 0 Å². The van der Waals surface area contributed by atoms with E-state index >= 15 is 0 Å². The molecule has 84 valence electrons. The van der Waals surface area contributed by atoms with Crippen molar-refractivity contribution in [3.05, 3.63) is 32.7 Å². The molecule has 1 amide bonds. The number of nitrogens with one attached hydrogen (secondary N) is 1. The number of amides is 1. The molecule has 2 rings (SSSR count). The number of nitrogens with zero attached hydrogens (tertiary/aromatic N) is 3. The van der Waals surface area contributed by atoms with Gasteiger partial charge >= 0.3 is 0 Å². The van der Waals surface area contributed by atoms with Crippen molar-refractivity contribution < 1.29 is 4.79 Å². The molecule has 2 aromatic heterocycles. The van der Waals surface area contributed by atoms with E-state index in [4.69, 9.17) is 0 Å². The van der Waals surface area contributed by atoms with Crippen LogP contribution in [0.3, 0.4) is 0 Å². The lowest BCUT2D eigenvalue weighted by Crippen LogP contribution is -2.26. The number of H-pyrrole nitrogens is 1. The average molecular weight is 301 g/mol. The van der Waals surface area contributed by atoms with Crippen LogP contribution in [-0.4, -0.2) is 33.3 Å². The topological polar surface area (TPSA) is 61.9 Å². The fraction of sp³-hybridized carbons (Fsp3) is 0.222. The van der Waals surface area contributed by atoms with Gasteiger partial charge in [0.05, 0.1) is 12.7 Å². The number of thiophene rings is 1. The minimum Gasteiger partial charge on any atom is -0.335 e. The van der Waals surface area contributed by atoms with Crippen LogP contribution >= 0.6 is 27.3 Å². The number of rotatable bonds is 3. The zero-order chi connectivity index (χ0) is 11.5. The second kappa shape index (κ2) is 4.75. The number of aromatic nitrogens is 3. The van der Waals surface area contributed by atoms with Gasteiger partial charge in [0.25, 0.3) is 5.91 Å². The summed E-state index contributed by atoms with van der Waals surface area (Å²) in [5.41, 5.74) is 0.332. The fourth-order valence-electron chi connectivity index (χ4n) is 1.24. The van der Waals surface area contributed by atoms with Gasteiger partial charge in [0.15, 0.2) is 5.69 Å². The molecule has 0 atom stereocenters. The number of carbonyl (C=O) groups is 1. The molecule has 2 aromatic rings. The number of hydrogen-bond donors (Lipinski definition) is 1. The van der Waals surface area contributed by atoms with E-state index in [0.29, 0.717) is 12.2 Å². The highest BCUT2D eigenvalue weighted by Crippen LogP contribution is 2.21. The normalized spacial score (nSPS) is 10.4. The monoisotopic (exact) mass is 300 g/mol. The summed E-state index contributed by atoms with van der Waals surface area (Å²) in [5.74, 6) is -0.140. The minimum absolute atomic E-state index is 0.140. The molecular weight excluding hydrogens is 292 g/mol. The largest absolute Gasteiger partial charge is 0.335 e. The molecule has 0 aliphatic rings. The van der Waals surface area contributed by atoms with Crippen molar-refractivity contribution in [2.75, 3.05) is 7.05 Å². The smallest absolute Gasteiger partial charge is 0.276 e. The van der Waals surface area contributed by atoms with Gasteiger partial charge in [-0.3, -0.25) is 4.79 Å². The van der Waals surface area contributed by atoms with Crippen LogP contribution in [0, 0.1) is 0 Å². The Balaban J connectivity index is 2.03. The zero-order valence-corrected chi connectivity index (χ0v) is 10.9. The molecule has 0 saturated carbocycles. The molecule has 0 saturated heterocycles. The summed E-state index contributed by atoms with van der Waals surface area (Å²) < 4.78 is 1.04.